The Kier molecular flexibility index (Phi) is 11.0. The first-order chi connectivity index (χ1) is 14.0. The fourth-order valence-electron chi connectivity index (χ4n) is 3.28. The topological polar surface area (TPSA) is 57.2 Å². The van der Waals surface area contributed by atoms with Crippen molar-refractivity contribution in [3.05, 3.63) is 29.8 Å². The van der Waals surface area contributed by atoms with Gasteiger partial charge in [0.25, 0.3) is 0 Å². The molecule has 0 aliphatic heterocycles. The number of aliphatic hydroxyl groups is 1. The lowest BCUT2D eigenvalue weighted by Crippen LogP contribution is -2.50. The van der Waals surface area contributed by atoms with Crippen LogP contribution in [0.2, 0.25) is 18.1 Å². The second-order valence-corrected chi connectivity index (χ2v) is 14.6. The molecule has 1 N–H and O–H groups in total. The lowest BCUT2D eigenvalue weighted by molar-refractivity contribution is -0.0441. The zero-order valence-corrected chi connectivity index (χ0v) is 21.5. The highest BCUT2D eigenvalue weighted by atomic mass is 28.4. The van der Waals surface area contributed by atoms with Gasteiger partial charge in [-0.2, -0.15) is 0 Å². The van der Waals surface area contributed by atoms with E-state index in [1.165, 1.54) is 0 Å². The molecule has 30 heavy (non-hydrogen) atoms. The van der Waals surface area contributed by atoms with Crippen molar-refractivity contribution >= 4 is 8.32 Å². The standard InChI is InChI=1S/C24H44O5Si/c1-18(16-25)23(29-30(8,9)24(3,4)5)19(2)22(27-7)14-15-28-17-20-10-12-21(26-6)13-11-20/h10-13,18-19,22-23,25H,14-17H2,1-9H3/t18-,19-,22-,23+/m1/s1. The highest BCUT2D eigenvalue weighted by Crippen LogP contribution is 2.39. The van der Waals surface area contributed by atoms with Crippen molar-refractivity contribution < 1.29 is 23.7 Å². The minimum Gasteiger partial charge on any atom is -0.497 e. The van der Waals surface area contributed by atoms with Crippen LogP contribution in [0.25, 0.3) is 0 Å². The van der Waals surface area contributed by atoms with Gasteiger partial charge in [0.1, 0.15) is 5.75 Å². The van der Waals surface area contributed by atoms with Crippen LogP contribution in [-0.2, 0) is 20.5 Å². The molecule has 0 saturated heterocycles. The quantitative estimate of drug-likeness (QED) is 0.334. The first-order valence-electron chi connectivity index (χ1n) is 11.0. The summed E-state index contributed by atoms with van der Waals surface area (Å²) in [7, 11) is 1.44. The number of hydrogen-bond donors (Lipinski definition) is 1. The molecule has 6 heteroatoms. The fraction of sp³-hybridized carbons (Fsp3) is 0.750. The predicted molar refractivity (Wildman–Crippen MR) is 126 cm³/mol. The summed E-state index contributed by atoms with van der Waals surface area (Å²) >= 11 is 0. The van der Waals surface area contributed by atoms with Crippen LogP contribution in [0.5, 0.6) is 5.75 Å². The molecule has 0 bridgehead atoms. The van der Waals surface area contributed by atoms with Crippen molar-refractivity contribution in [3.63, 3.8) is 0 Å². The van der Waals surface area contributed by atoms with Crippen molar-refractivity contribution in [3.8, 4) is 5.75 Å². The Morgan fingerprint density at radius 2 is 1.63 bits per heavy atom. The van der Waals surface area contributed by atoms with E-state index in [-0.39, 0.29) is 35.7 Å². The van der Waals surface area contributed by atoms with Gasteiger partial charge < -0.3 is 23.7 Å². The average molecular weight is 441 g/mol. The minimum absolute atomic E-state index is 0.00429. The molecule has 0 fully saturated rings. The number of aliphatic hydroxyl groups excluding tert-OH is 1. The molecule has 1 aromatic carbocycles. The van der Waals surface area contributed by atoms with E-state index in [1.807, 2.05) is 24.3 Å². The zero-order chi connectivity index (χ0) is 22.9. The van der Waals surface area contributed by atoms with Gasteiger partial charge >= 0.3 is 0 Å². The van der Waals surface area contributed by atoms with Crippen LogP contribution >= 0.6 is 0 Å². The molecule has 1 rings (SSSR count). The summed E-state index contributed by atoms with van der Waals surface area (Å²) in [4.78, 5) is 0. The summed E-state index contributed by atoms with van der Waals surface area (Å²) in [6.07, 6.45) is 0.732. The maximum Gasteiger partial charge on any atom is 0.192 e. The lowest BCUT2D eigenvalue weighted by atomic mass is 9.88. The molecule has 174 valence electrons. The molecule has 0 heterocycles. The fourth-order valence-corrected chi connectivity index (χ4v) is 4.76. The number of rotatable bonds is 13. The van der Waals surface area contributed by atoms with Crippen LogP contribution in [-0.4, -0.2) is 53.1 Å². The van der Waals surface area contributed by atoms with E-state index >= 15 is 0 Å². The highest BCUT2D eigenvalue weighted by Gasteiger charge is 2.42. The molecule has 1 aromatic rings. The molecule has 0 aliphatic rings. The van der Waals surface area contributed by atoms with Gasteiger partial charge in [-0.25, -0.2) is 0 Å². The second kappa shape index (κ2) is 12.2. The molecule has 0 aromatic heterocycles. The normalized spacial score (nSPS) is 16.7. The Morgan fingerprint density at radius 3 is 2.10 bits per heavy atom. The molecule has 0 spiro atoms. The van der Waals surface area contributed by atoms with Gasteiger partial charge in [0.2, 0.25) is 0 Å². The highest BCUT2D eigenvalue weighted by molar-refractivity contribution is 6.74. The number of benzene rings is 1. The summed E-state index contributed by atoms with van der Waals surface area (Å²) in [6.45, 7) is 16.7. The SMILES string of the molecule is COc1ccc(COCC[C@@H](OC)[C@@H](C)[C@@H](O[Si](C)(C)C(C)(C)C)[C@H](C)CO)cc1. The van der Waals surface area contributed by atoms with Crippen LogP contribution in [0.3, 0.4) is 0 Å². The van der Waals surface area contributed by atoms with Gasteiger partial charge in [0.15, 0.2) is 8.32 Å². The Morgan fingerprint density at radius 1 is 1.03 bits per heavy atom. The van der Waals surface area contributed by atoms with E-state index in [1.54, 1.807) is 14.2 Å². The van der Waals surface area contributed by atoms with Crippen LogP contribution in [0.15, 0.2) is 24.3 Å². The maximum atomic E-state index is 9.85. The van der Waals surface area contributed by atoms with E-state index in [0.717, 1.165) is 17.7 Å². The Bertz CT molecular complexity index is 597. The van der Waals surface area contributed by atoms with E-state index in [0.29, 0.717) is 13.2 Å². The van der Waals surface area contributed by atoms with Crippen LogP contribution < -0.4 is 4.74 Å². The number of methoxy groups -OCH3 is 2. The Balaban J connectivity index is 2.69. The summed E-state index contributed by atoms with van der Waals surface area (Å²) in [6, 6.07) is 7.91. The summed E-state index contributed by atoms with van der Waals surface area (Å²) < 4.78 is 23.7. The molecule has 0 saturated carbocycles. The van der Waals surface area contributed by atoms with E-state index in [9.17, 15) is 5.11 Å². The third-order valence-corrected chi connectivity index (χ3v) is 10.9. The van der Waals surface area contributed by atoms with Crippen molar-refractivity contribution in [1.82, 2.24) is 0 Å². The van der Waals surface area contributed by atoms with E-state index in [4.69, 9.17) is 18.6 Å². The maximum absolute atomic E-state index is 9.85. The molecular weight excluding hydrogens is 396 g/mol. The van der Waals surface area contributed by atoms with Crippen molar-refractivity contribution in [1.29, 1.82) is 0 Å². The molecule has 0 radical (unpaired) electrons. The smallest absolute Gasteiger partial charge is 0.192 e. The van der Waals surface area contributed by atoms with Gasteiger partial charge in [0.05, 0.1) is 25.9 Å². The third-order valence-electron chi connectivity index (χ3n) is 6.47. The number of hydrogen-bond acceptors (Lipinski definition) is 5. The van der Waals surface area contributed by atoms with Crippen LogP contribution in [0, 0.1) is 11.8 Å². The minimum atomic E-state index is -1.97. The largest absolute Gasteiger partial charge is 0.497 e. The molecule has 0 amide bonds. The molecule has 0 unspecified atom stereocenters. The molecule has 0 aliphatic carbocycles. The zero-order valence-electron chi connectivity index (χ0n) is 20.5. The van der Waals surface area contributed by atoms with E-state index in [2.05, 4.69) is 47.7 Å². The van der Waals surface area contributed by atoms with Crippen LogP contribution in [0.1, 0.15) is 46.6 Å². The van der Waals surface area contributed by atoms with Gasteiger partial charge in [-0.15, -0.1) is 0 Å². The third kappa shape index (κ3) is 7.97. The monoisotopic (exact) mass is 440 g/mol. The van der Waals surface area contributed by atoms with Crippen LogP contribution in [0.4, 0.5) is 0 Å². The van der Waals surface area contributed by atoms with Gasteiger partial charge in [-0.3, -0.25) is 0 Å². The van der Waals surface area contributed by atoms with Gasteiger partial charge in [-0.1, -0.05) is 46.8 Å². The van der Waals surface area contributed by atoms with Gasteiger partial charge in [0, 0.05) is 32.2 Å². The molecular formula is C24H44O5Si. The first-order valence-corrected chi connectivity index (χ1v) is 13.9. The summed E-state index contributed by atoms with van der Waals surface area (Å²) in [5.74, 6) is 1.04. The van der Waals surface area contributed by atoms with Crippen molar-refractivity contribution in [2.45, 2.75) is 78.0 Å². The first kappa shape index (κ1) is 27.1. The average Bonchev–Trinajstić information content (AvgIpc) is 2.70. The lowest BCUT2D eigenvalue weighted by Gasteiger charge is -2.44. The predicted octanol–water partition coefficient (Wildman–Crippen LogP) is 5.27. The van der Waals surface area contributed by atoms with Gasteiger partial charge in [-0.05, 0) is 42.2 Å². The summed E-state index contributed by atoms with van der Waals surface area (Å²) in [5, 5.41) is 9.96. The van der Waals surface area contributed by atoms with Crippen molar-refractivity contribution in [2.24, 2.45) is 11.8 Å². The van der Waals surface area contributed by atoms with Crippen molar-refractivity contribution in [2.75, 3.05) is 27.4 Å². The number of ether oxygens (including phenoxy) is 3. The second-order valence-electron chi connectivity index (χ2n) is 9.83. The van der Waals surface area contributed by atoms with E-state index < -0.39 is 8.32 Å². The molecule has 4 atom stereocenters. The Hall–Kier alpha value is -0.923. The summed E-state index contributed by atoms with van der Waals surface area (Å²) in [5.41, 5.74) is 1.12. The molecule has 5 nitrogen and oxygen atoms in total. The Labute approximate surface area is 185 Å².